The van der Waals surface area contributed by atoms with Gasteiger partial charge in [0.15, 0.2) is 17.2 Å². The molecule has 0 saturated heterocycles. The van der Waals surface area contributed by atoms with E-state index in [-0.39, 0.29) is 5.75 Å². The van der Waals surface area contributed by atoms with Gasteiger partial charge < -0.3 is 4.74 Å². The predicted octanol–water partition coefficient (Wildman–Crippen LogP) is 2.84. The second-order valence-corrected chi connectivity index (χ2v) is 3.95. The van der Waals surface area contributed by atoms with Gasteiger partial charge in [-0.25, -0.2) is 14.4 Å². The van der Waals surface area contributed by atoms with Gasteiger partial charge in [-0.15, -0.1) is 0 Å². The van der Waals surface area contributed by atoms with Gasteiger partial charge in [-0.2, -0.15) is 0 Å². The molecule has 94 valence electrons. The second kappa shape index (κ2) is 4.61. The zero-order valence-electron chi connectivity index (χ0n) is 10.2. The molecule has 0 fully saturated rings. The summed E-state index contributed by atoms with van der Waals surface area (Å²) in [5.74, 6) is -0.224. The zero-order valence-corrected chi connectivity index (χ0v) is 10.2. The Balaban J connectivity index is 2.11. The molecule has 2 aromatic heterocycles. The van der Waals surface area contributed by atoms with Gasteiger partial charge in [-0.3, -0.25) is 4.98 Å². The maximum absolute atomic E-state index is 13.7. The van der Waals surface area contributed by atoms with E-state index in [1.54, 1.807) is 30.6 Å². The first kappa shape index (κ1) is 11.5. The topological polar surface area (TPSA) is 47.9 Å². The Morgan fingerprint density at radius 3 is 2.84 bits per heavy atom. The minimum Gasteiger partial charge on any atom is -0.494 e. The molecule has 0 aliphatic heterocycles. The molecule has 0 aliphatic rings. The molecule has 0 aliphatic carbocycles. The van der Waals surface area contributed by atoms with E-state index in [9.17, 15) is 4.39 Å². The van der Waals surface area contributed by atoms with Crippen LogP contribution in [0.3, 0.4) is 0 Å². The number of methoxy groups -OCH3 is 1. The number of hydrogen-bond donors (Lipinski definition) is 0. The fourth-order valence-electron chi connectivity index (χ4n) is 1.81. The minimum atomic E-state index is -0.428. The van der Waals surface area contributed by atoms with Crippen molar-refractivity contribution in [1.29, 1.82) is 0 Å². The highest BCUT2D eigenvalue weighted by Gasteiger charge is 2.07. The first-order valence-corrected chi connectivity index (χ1v) is 5.69. The first-order valence-electron chi connectivity index (χ1n) is 5.69. The lowest BCUT2D eigenvalue weighted by Crippen LogP contribution is -1.92. The molecule has 0 radical (unpaired) electrons. The average Bonchev–Trinajstić information content (AvgIpc) is 2.46. The van der Waals surface area contributed by atoms with Crippen LogP contribution in [0, 0.1) is 5.82 Å². The molecule has 0 bridgehead atoms. The van der Waals surface area contributed by atoms with Crippen molar-refractivity contribution in [2.45, 2.75) is 0 Å². The maximum atomic E-state index is 13.7. The lowest BCUT2D eigenvalue weighted by molar-refractivity contribution is 0.386. The summed E-state index contributed by atoms with van der Waals surface area (Å²) < 4.78 is 18.5. The second-order valence-electron chi connectivity index (χ2n) is 3.95. The van der Waals surface area contributed by atoms with E-state index < -0.39 is 5.82 Å². The number of nitrogens with zero attached hydrogens (tertiary/aromatic N) is 3. The van der Waals surface area contributed by atoms with Crippen molar-refractivity contribution in [2.75, 3.05) is 7.11 Å². The predicted molar refractivity (Wildman–Crippen MR) is 69.3 cm³/mol. The molecule has 4 nitrogen and oxygen atoms in total. The molecule has 0 unspecified atom stereocenters. The summed E-state index contributed by atoms with van der Waals surface area (Å²) in [6, 6.07) is 8.30. The van der Waals surface area contributed by atoms with Crippen LogP contribution in [0.2, 0.25) is 0 Å². The van der Waals surface area contributed by atoms with Crippen LogP contribution in [-0.2, 0) is 0 Å². The molecule has 3 aromatic rings. The molecular formula is C14H10FN3O. The molecule has 0 amide bonds. The summed E-state index contributed by atoms with van der Waals surface area (Å²) in [6.45, 7) is 0. The number of ether oxygens (including phenoxy) is 1. The normalized spacial score (nSPS) is 10.6. The summed E-state index contributed by atoms with van der Waals surface area (Å²) in [5, 5.41) is 0. The molecular weight excluding hydrogens is 245 g/mol. The maximum Gasteiger partial charge on any atom is 0.178 e. The quantitative estimate of drug-likeness (QED) is 0.706. The summed E-state index contributed by atoms with van der Waals surface area (Å²) in [5.41, 5.74) is 2.46. The van der Waals surface area contributed by atoms with Gasteiger partial charge in [-0.1, -0.05) is 0 Å². The van der Waals surface area contributed by atoms with Crippen LogP contribution < -0.4 is 4.74 Å². The molecule has 3 rings (SSSR count). The monoisotopic (exact) mass is 255 g/mol. The zero-order chi connectivity index (χ0) is 13.2. The number of fused-ring (bicyclic) bond motifs is 1. The lowest BCUT2D eigenvalue weighted by Gasteiger charge is -2.05. The molecule has 0 spiro atoms. The van der Waals surface area contributed by atoms with Gasteiger partial charge >= 0.3 is 0 Å². The van der Waals surface area contributed by atoms with Crippen molar-refractivity contribution in [2.24, 2.45) is 0 Å². The highest BCUT2D eigenvalue weighted by molar-refractivity contribution is 5.73. The minimum absolute atomic E-state index is 0.204. The SMILES string of the molecule is COc1ccc(-c2cnc3cccnc3n2)cc1F. The molecule has 0 saturated carbocycles. The van der Waals surface area contributed by atoms with E-state index in [4.69, 9.17) is 4.74 Å². The molecule has 0 atom stereocenters. The fourth-order valence-corrected chi connectivity index (χ4v) is 1.81. The number of pyridine rings is 1. The van der Waals surface area contributed by atoms with Crippen LogP contribution in [-0.4, -0.2) is 22.1 Å². The Bertz CT molecular complexity index is 746. The van der Waals surface area contributed by atoms with Crippen molar-refractivity contribution in [3.8, 4) is 17.0 Å². The molecule has 1 aromatic carbocycles. The number of benzene rings is 1. The van der Waals surface area contributed by atoms with Crippen LogP contribution in [0.1, 0.15) is 0 Å². The van der Waals surface area contributed by atoms with Gasteiger partial charge in [0.25, 0.3) is 0 Å². The lowest BCUT2D eigenvalue weighted by atomic mass is 10.1. The van der Waals surface area contributed by atoms with Crippen LogP contribution in [0.4, 0.5) is 4.39 Å². The van der Waals surface area contributed by atoms with E-state index in [0.29, 0.717) is 22.4 Å². The Morgan fingerprint density at radius 1 is 1.16 bits per heavy atom. The van der Waals surface area contributed by atoms with Crippen LogP contribution in [0.25, 0.3) is 22.4 Å². The van der Waals surface area contributed by atoms with Crippen molar-refractivity contribution in [1.82, 2.24) is 15.0 Å². The van der Waals surface area contributed by atoms with E-state index in [1.165, 1.54) is 13.2 Å². The van der Waals surface area contributed by atoms with E-state index in [1.807, 2.05) is 6.07 Å². The van der Waals surface area contributed by atoms with Crippen LogP contribution >= 0.6 is 0 Å². The van der Waals surface area contributed by atoms with Gasteiger partial charge in [0.1, 0.15) is 5.52 Å². The summed E-state index contributed by atoms with van der Waals surface area (Å²) in [7, 11) is 1.43. The Hall–Kier alpha value is -2.56. The summed E-state index contributed by atoms with van der Waals surface area (Å²) in [4.78, 5) is 12.7. The van der Waals surface area contributed by atoms with Gasteiger partial charge in [0, 0.05) is 11.8 Å². The van der Waals surface area contributed by atoms with Crippen molar-refractivity contribution in [3.05, 3.63) is 48.5 Å². The van der Waals surface area contributed by atoms with Crippen LogP contribution in [0.5, 0.6) is 5.75 Å². The molecule has 2 heterocycles. The van der Waals surface area contributed by atoms with Gasteiger partial charge in [-0.05, 0) is 30.3 Å². The van der Waals surface area contributed by atoms with Crippen LogP contribution in [0.15, 0.2) is 42.7 Å². The molecule has 5 heteroatoms. The van der Waals surface area contributed by atoms with E-state index in [0.717, 1.165) is 0 Å². The summed E-state index contributed by atoms with van der Waals surface area (Å²) >= 11 is 0. The van der Waals surface area contributed by atoms with E-state index in [2.05, 4.69) is 15.0 Å². The number of rotatable bonds is 2. The third kappa shape index (κ3) is 2.10. The number of hydrogen-bond acceptors (Lipinski definition) is 4. The highest BCUT2D eigenvalue weighted by atomic mass is 19.1. The number of aromatic nitrogens is 3. The molecule has 19 heavy (non-hydrogen) atoms. The standard InChI is InChI=1S/C14H10FN3O/c1-19-13-5-4-9(7-10(13)15)12-8-17-11-3-2-6-16-14(11)18-12/h2-8H,1H3. The molecule has 0 N–H and O–H groups in total. The van der Waals surface area contributed by atoms with Crippen molar-refractivity contribution >= 4 is 11.2 Å². The number of halogens is 1. The Kier molecular flexibility index (Phi) is 2.79. The van der Waals surface area contributed by atoms with E-state index >= 15 is 0 Å². The Morgan fingerprint density at radius 2 is 2.05 bits per heavy atom. The summed E-state index contributed by atoms with van der Waals surface area (Å²) in [6.07, 6.45) is 3.25. The van der Waals surface area contributed by atoms with Crippen molar-refractivity contribution < 1.29 is 9.13 Å². The smallest absolute Gasteiger partial charge is 0.178 e. The highest BCUT2D eigenvalue weighted by Crippen LogP contribution is 2.24. The fraction of sp³-hybridized carbons (Fsp3) is 0.0714. The third-order valence-electron chi connectivity index (χ3n) is 2.77. The third-order valence-corrected chi connectivity index (χ3v) is 2.77. The average molecular weight is 255 g/mol. The first-order chi connectivity index (χ1) is 9.28. The Labute approximate surface area is 108 Å². The largest absolute Gasteiger partial charge is 0.494 e. The van der Waals surface area contributed by atoms with Gasteiger partial charge in [0.2, 0.25) is 0 Å². The van der Waals surface area contributed by atoms with Crippen molar-refractivity contribution in [3.63, 3.8) is 0 Å². The van der Waals surface area contributed by atoms with Gasteiger partial charge in [0.05, 0.1) is 19.0 Å².